The van der Waals surface area contributed by atoms with Crippen molar-refractivity contribution in [3.05, 3.63) is 33.8 Å². The first-order chi connectivity index (χ1) is 7.75. The van der Waals surface area contributed by atoms with Crippen LogP contribution in [0.4, 0.5) is 13.2 Å². The lowest BCUT2D eigenvalue weighted by atomic mass is 10.0. The van der Waals surface area contributed by atoms with Crippen LogP contribution in [0.3, 0.4) is 0 Å². The molecule has 0 radical (unpaired) electrons. The first-order valence-electron chi connectivity index (χ1n) is 4.69. The second kappa shape index (κ2) is 5.34. The standard InChI is InChI=1S/C10H11BrF3NO2/c11-7-2-5(9(17)8(16)4-15)1-6(3-7)10(12,13)14/h1-3,8-9,16-17H,4,15H2. The number of alkyl halides is 3. The van der Waals surface area contributed by atoms with Gasteiger partial charge in [-0.05, 0) is 23.8 Å². The molecule has 17 heavy (non-hydrogen) atoms. The molecule has 1 aromatic rings. The van der Waals surface area contributed by atoms with Gasteiger partial charge in [0.25, 0.3) is 0 Å². The average molecular weight is 314 g/mol. The maximum atomic E-state index is 12.5. The van der Waals surface area contributed by atoms with E-state index in [1.807, 2.05) is 0 Å². The predicted molar refractivity (Wildman–Crippen MR) is 59.2 cm³/mol. The molecule has 0 amide bonds. The highest BCUT2D eigenvalue weighted by Crippen LogP contribution is 2.33. The fraction of sp³-hybridized carbons (Fsp3) is 0.400. The van der Waals surface area contributed by atoms with E-state index in [2.05, 4.69) is 15.9 Å². The van der Waals surface area contributed by atoms with E-state index in [1.54, 1.807) is 0 Å². The van der Waals surface area contributed by atoms with Crippen LogP contribution in [0.1, 0.15) is 17.2 Å². The van der Waals surface area contributed by atoms with Crippen LogP contribution < -0.4 is 5.73 Å². The zero-order chi connectivity index (χ0) is 13.2. The predicted octanol–water partition coefficient (Wildman–Crippen LogP) is 1.82. The molecule has 1 aromatic carbocycles. The minimum absolute atomic E-state index is 0.0374. The van der Waals surface area contributed by atoms with Gasteiger partial charge in [-0.2, -0.15) is 13.2 Å². The van der Waals surface area contributed by atoms with E-state index in [1.165, 1.54) is 6.07 Å². The number of hydrogen-bond acceptors (Lipinski definition) is 3. The third-order valence-electron chi connectivity index (χ3n) is 2.19. The van der Waals surface area contributed by atoms with Crippen LogP contribution in [0.5, 0.6) is 0 Å². The SMILES string of the molecule is NCC(O)C(O)c1cc(Br)cc(C(F)(F)F)c1. The first kappa shape index (κ1) is 14.4. The Kier molecular flexibility index (Phi) is 4.54. The third-order valence-corrected chi connectivity index (χ3v) is 2.65. The Morgan fingerprint density at radius 3 is 2.29 bits per heavy atom. The monoisotopic (exact) mass is 313 g/mol. The summed E-state index contributed by atoms with van der Waals surface area (Å²) in [5.74, 6) is 0. The number of nitrogens with two attached hydrogens (primary N) is 1. The van der Waals surface area contributed by atoms with Crippen molar-refractivity contribution in [1.82, 2.24) is 0 Å². The highest BCUT2D eigenvalue weighted by Gasteiger charge is 2.32. The first-order valence-corrected chi connectivity index (χ1v) is 5.49. The molecule has 7 heteroatoms. The van der Waals surface area contributed by atoms with Gasteiger partial charge < -0.3 is 15.9 Å². The molecule has 0 aliphatic rings. The molecular weight excluding hydrogens is 303 g/mol. The van der Waals surface area contributed by atoms with Crippen molar-refractivity contribution in [2.45, 2.75) is 18.4 Å². The zero-order valence-electron chi connectivity index (χ0n) is 8.58. The van der Waals surface area contributed by atoms with Crippen molar-refractivity contribution < 1.29 is 23.4 Å². The van der Waals surface area contributed by atoms with Gasteiger partial charge in [0.05, 0.1) is 11.7 Å². The summed E-state index contributed by atoms with van der Waals surface area (Å²) in [6, 6.07) is 2.98. The molecule has 3 nitrogen and oxygen atoms in total. The van der Waals surface area contributed by atoms with Crippen molar-refractivity contribution >= 4 is 15.9 Å². The fourth-order valence-electron chi connectivity index (χ4n) is 1.30. The minimum Gasteiger partial charge on any atom is -0.389 e. The van der Waals surface area contributed by atoms with E-state index < -0.39 is 23.9 Å². The van der Waals surface area contributed by atoms with Crippen LogP contribution >= 0.6 is 15.9 Å². The van der Waals surface area contributed by atoms with Crippen LogP contribution in [-0.4, -0.2) is 22.9 Å². The lowest BCUT2D eigenvalue weighted by Crippen LogP contribution is -2.27. The van der Waals surface area contributed by atoms with Crippen LogP contribution in [0.2, 0.25) is 0 Å². The summed E-state index contributed by atoms with van der Waals surface area (Å²) in [6.45, 7) is -0.241. The molecule has 0 saturated carbocycles. The summed E-state index contributed by atoms with van der Waals surface area (Å²) in [5.41, 5.74) is 4.19. The van der Waals surface area contributed by atoms with Crippen LogP contribution in [-0.2, 0) is 6.18 Å². The van der Waals surface area contributed by atoms with E-state index in [-0.39, 0.29) is 16.6 Å². The molecule has 0 heterocycles. The number of halogens is 4. The van der Waals surface area contributed by atoms with Gasteiger partial charge in [0.2, 0.25) is 0 Å². The van der Waals surface area contributed by atoms with Crippen LogP contribution in [0, 0.1) is 0 Å². The molecule has 0 bridgehead atoms. The third kappa shape index (κ3) is 3.67. The summed E-state index contributed by atoms with van der Waals surface area (Å²) < 4.78 is 37.7. The fourth-order valence-corrected chi connectivity index (χ4v) is 1.81. The average Bonchev–Trinajstić information content (AvgIpc) is 2.25. The summed E-state index contributed by atoms with van der Waals surface area (Å²) in [7, 11) is 0. The van der Waals surface area contributed by atoms with Gasteiger partial charge in [0.1, 0.15) is 6.10 Å². The maximum absolute atomic E-state index is 12.5. The maximum Gasteiger partial charge on any atom is 0.416 e. The van der Waals surface area contributed by atoms with Gasteiger partial charge in [-0.25, -0.2) is 0 Å². The number of rotatable bonds is 3. The smallest absolute Gasteiger partial charge is 0.389 e. The minimum atomic E-state index is -4.51. The Morgan fingerprint density at radius 1 is 1.24 bits per heavy atom. The van der Waals surface area contributed by atoms with Gasteiger partial charge in [0.15, 0.2) is 0 Å². The van der Waals surface area contributed by atoms with Gasteiger partial charge >= 0.3 is 6.18 Å². The van der Waals surface area contributed by atoms with Crippen molar-refractivity contribution in [2.24, 2.45) is 5.73 Å². The van der Waals surface area contributed by atoms with Crippen molar-refractivity contribution in [2.75, 3.05) is 6.54 Å². The van der Waals surface area contributed by atoms with Crippen molar-refractivity contribution in [1.29, 1.82) is 0 Å². The summed E-state index contributed by atoms with van der Waals surface area (Å²) in [5, 5.41) is 18.9. The van der Waals surface area contributed by atoms with E-state index in [9.17, 15) is 23.4 Å². The topological polar surface area (TPSA) is 66.5 Å². The molecule has 0 saturated heterocycles. The molecule has 2 atom stereocenters. The van der Waals surface area contributed by atoms with Gasteiger partial charge in [-0.1, -0.05) is 15.9 Å². The number of hydrogen-bond donors (Lipinski definition) is 3. The Hall–Kier alpha value is -0.630. The second-order valence-electron chi connectivity index (χ2n) is 3.52. The zero-order valence-corrected chi connectivity index (χ0v) is 10.2. The number of aliphatic hydroxyl groups excluding tert-OH is 2. The summed E-state index contributed by atoms with van der Waals surface area (Å²) >= 11 is 2.92. The van der Waals surface area contributed by atoms with E-state index in [0.29, 0.717) is 0 Å². The van der Waals surface area contributed by atoms with E-state index >= 15 is 0 Å². The number of benzene rings is 1. The molecule has 1 rings (SSSR count). The largest absolute Gasteiger partial charge is 0.416 e. The summed E-state index contributed by atoms with van der Waals surface area (Å²) in [4.78, 5) is 0. The Balaban J connectivity index is 3.14. The normalized spacial score (nSPS) is 15.7. The number of aliphatic hydroxyl groups is 2. The van der Waals surface area contributed by atoms with Crippen LogP contribution in [0.15, 0.2) is 22.7 Å². The van der Waals surface area contributed by atoms with Crippen molar-refractivity contribution in [3.8, 4) is 0 Å². The lowest BCUT2D eigenvalue weighted by molar-refractivity contribution is -0.137. The molecule has 0 aliphatic carbocycles. The van der Waals surface area contributed by atoms with Crippen molar-refractivity contribution in [3.63, 3.8) is 0 Å². The molecule has 0 spiro atoms. The molecule has 96 valence electrons. The lowest BCUT2D eigenvalue weighted by Gasteiger charge is -2.18. The quantitative estimate of drug-likeness (QED) is 0.797. The van der Waals surface area contributed by atoms with E-state index in [0.717, 1.165) is 12.1 Å². The summed E-state index contributed by atoms with van der Waals surface area (Å²) in [6.07, 6.45) is -7.25. The molecule has 0 aromatic heterocycles. The van der Waals surface area contributed by atoms with Gasteiger partial charge in [-0.3, -0.25) is 0 Å². The van der Waals surface area contributed by atoms with E-state index in [4.69, 9.17) is 5.73 Å². The molecule has 0 fully saturated rings. The molecule has 2 unspecified atom stereocenters. The Labute approximate surface area is 104 Å². The second-order valence-corrected chi connectivity index (χ2v) is 4.43. The van der Waals surface area contributed by atoms with Crippen LogP contribution in [0.25, 0.3) is 0 Å². The van der Waals surface area contributed by atoms with Gasteiger partial charge in [-0.15, -0.1) is 0 Å². The molecular formula is C10H11BrF3NO2. The highest BCUT2D eigenvalue weighted by molar-refractivity contribution is 9.10. The Bertz CT molecular complexity index is 398. The van der Waals surface area contributed by atoms with Gasteiger partial charge in [0, 0.05) is 11.0 Å². The molecule has 0 aliphatic heterocycles. The Morgan fingerprint density at radius 2 is 1.82 bits per heavy atom. The highest BCUT2D eigenvalue weighted by atomic mass is 79.9. The molecule has 4 N–H and O–H groups in total.